The number of hydrogen-bond donors (Lipinski definition) is 1. The molecule has 0 radical (unpaired) electrons. The van der Waals surface area contributed by atoms with Gasteiger partial charge in [-0.2, -0.15) is 0 Å². The summed E-state index contributed by atoms with van der Waals surface area (Å²) in [6, 6.07) is 9.49. The first-order valence-electron chi connectivity index (χ1n) is 11.1. The second kappa shape index (κ2) is 9.88. The number of rotatable bonds is 5. The summed E-state index contributed by atoms with van der Waals surface area (Å²) in [7, 11) is 0. The molecule has 2 aliphatic rings. The summed E-state index contributed by atoms with van der Waals surface area (Å²) in [6.07, 6.45) is 2.40. The molecule has 7 nitrogen and oxygen atoms in total. The summed E-state index contributed by atoms with van der Waals surface area (Å²) in [6.45, 7) is 3.40. The van der Waals surface area contributed by atoms with Crippen molar-refractivity contribution < 1.29 is 23.9 Å². The largest absolute Gasteiger partial charge is 0.452 e. The van der Waals surface area contributed by atoms with E-state index in [1.165, 1.54) is 17.0 Å². The number of esters is 1. The minimum atomic E-state index is -0.686. The number of nitrogens with one attached hydrogen (secondary N) is 1. The van der Waals surface area contributed by atoms with Crippen molar-refractivity contribution in [3.05, 3.63) is 57.0 Å². The van der Waals surface area contributed by atoms with Gasteiger partial charge in [-0.1, -0.05) is 18.5 Å². The van der Waals surface area contributed by atoms with Crippen molar-refractivity contribution in [2.45, 2.75) is 33.1 Å². The van der Waals surface area contributed by atoms with Crippen LogP contribution >= 0.6 is 27.5 Å². The molecule has 9 heteroatoms. The summed E-state index contributed by atoms with van der Waals surface area (Å²) in [5, 5.41) is 3.15. The van der Waals surface area contributed by atoms with Gasteiger partial charge in [0.2, 0.25) is 11.8 Å². The maximum Gasteiger partial charge on any atom is 0.338 e. The Morgan fingerprint density at radius 1 is 1.09 bits per heavy atom. The topological polar surface area (TPSA) is 92.8 Å². The van der Waals surface area contributed by atoms with E-state index in [0.717, 1.165) is 19.3 Å². The molecule has 2 aromatic carbocycles. The van der Waals surface area contributed by atoms with Crippen molar-refractivity contribution in [1.82, 2.24) is 0 Å². The first-order chi connectivity index (χ1) is 16.2. The van der Waals surface area contributed by atoms with Crippen LogP contribution in [0, 0.1) is 24.7 Å². The van der Waals surface area contributed by atoms with E-state index in [0.29, 0.717) is 32.4 Å². The number of amides is 3. The Morgan fingerprint density at radius 3 is 2.47 bits per heavy atom. The zero-order valence-corrected chi connectivity index (χ0v) is 21.1. The van der Waals surface area contributed by atoms with Gasteiger partial charge in [0.05, 0.1) is 28.1 Å². The van der Waals surface area contributed by atoms with Crippen LogP contribution in [0.25, 0.3) is 0 Å². The molecule has 0 unspecified atom stereocenters. The number of benzene rings is 2. The number of nitrogens with zero attached hydrogens (tertiary/aromatic N) is 1. The van der Waals surface area contributed by atoms with E-state index in [-0.39, 0.29) is 29.2 Å². The predicted octanol–water partition coefficient (Wildman–Crippen LogP) is 5.13. The Morgan fingerprint density at radius 2 is 1.76 bits per heavy atom. The van der Waals surface area contributed by atoms with Crippen LogP contribution in [0.2, 0.25) is 5.02 Å². The van der Waals surface area contributed by atoms with Gasteiger partial charge < -0.3 is 10.1 Å². The fraction of sp³-hybridized carbons (Fsp3) is 0.360. The third kappa shape index (κ3) is 4.74. The molecule has 3 atom stereocenters. The van der Waals surface area contributed by atoms with Crippen LogP contribution in [-0.4, -0.2) is 30.3 Å². The van der Waals surface area contributed by atoms with Crippen molar-refractivity contribution >= 4 is 62.6 Å². The smallest absolute Gasteiger partial charge is 0.338 e. The average molecular weight is 548 g/mol. The molecule has 0 bridgehead atoms. The zero-order valence-electron chi connectivity index (χ0n) is 18.8. The second-order valence-electron chi connectivity index (χ2n) is 8.85. The van der Waals surface area contributed by atoms with Crippen molar-refractivity contribution in [2.24, 2.45) is 17.8 Å². The lowest BCUT2D eigenvalue weighted by Gasteiger charge is -2.25. The van der Waals surface area contributed by atoms with Gasteiger partial charge in [-0.05, 0) is 90.0 Å². The van der Waals surface area contributed by atoms with Crippen LogP contribution in [-0.2, 0) is 19.1 Å². The molecule has 1 heterocycles. The molecule has 34 heavy (non-hydrogen) atoms. The first-order valence-corrected chi connectivity index (χ1v) is 12.2. The molecule has 178 valence electrons. The minimum absolute atomic E-state index is 0.169. The Balaban J connectivity index is 1.36. The highest BCUT2D eigenvalue weighted by Gasteiger charge is 2.49. The van der Waals surface area contributed by atoms with Gasteiger partial charge in [0.25, 0.3) is 5.91 Å². The molecule has 0 spiro atoms. The number of carbonyl (C=O) groups excluding carboxylic acids is 4. The number of anilines is 2. The molecule has 1 saturated heterocycles. The van der Waals surface area contributed by atoms with Crippen LogP contribution in [0.15, 0.2) is 40.9 Å². The highest BCUT2D eigenvalue weighted by atomic mass is 79.9. The van der Waals surface area contributed by atoms with E-state index in [2.05, 4.69) is 28.2 Å². The first kappa shape index (κ1) is 24.4. The van der Waals surface area contributed by atoms with Crippen LogP contribution < -0.4 is 10.2 Å². The lowest BCUT2D eigenvalue weighted by molar-refractivity contribution is -0.122. The zero-order chi connectivity index (χ0) is 24.6. The lowest BCUT2D eigenvalue weighted by atomic mass is 9.76. The van der Waals surface area contributed by atoms with E-state index in [9.17, 15) is 19.2 Å². The van der Waals surface area contributed by atoms with E-state index >= 15 is 0 Å². The van der Waals surface area contributed by atoms with Gasteiger partial charge >= 0.3 is 5.97 Å². The monoisotopic (exact) mass is 546 g/mol. The van der Waals surface area contributed by atoms with Crippen molar-refractivity contribution in [3.63, 3.8) is 0 Å². The molecule has 1 saturated carbocycles. The van der Waals surface area contributed by atoms with Crippen molar-refractivity contribution in [1.29, 1.82) is 0 Å². The van der Waals surface area contributed by atoms with Gasteiger partial charge in [-0.25, -0.2) is 4.79 Å². The van der Waals surface area contributed by atoms with Crippen molar-refractivity contribution in [3.8, 4) is 0 Å². The lowest BCUT2D eigenvalue weighted by Crippen LogP contribution is -2.30. The third-order valence-electron chi connectivity index (χ3n) is 6.50. The highest BCUT2D eigenvalue weighted by molar-refractivity contribution is 9.10. The molecular formula is C25H24BrClN2O5. The molecule has 1 aliphatic heterocycles. The Labute approximate surface area is 210 Å². The quantitative estimate of drug-likeness (QED) is 0.414. The fourth-order valence-electron chi connectivity index (χ4n) is 4.58. The van der Waals surface area contributed by atoms with Crippen LogP contribution in [0.4, 0.5) is 11.4 Å². The summed E-state index contributed by atoms with van der Waals surface area (Å²) in [5.74, 6) is -1.61. The summed E-state index contributed by atoms with van der Waals surface area (Å²) < 4.78 is 5.82. The van der Waals surface area contributed by atoms with Gasteiger partial charge in [-0.15, -0.1) is 0 Å². The number of imide groups is 1. The normalized spacial score (nSPS) is 21.9. The molecule has 2 aromatic rings. The fourth-order valence-corrected chi connectivity index (χ4v) is 5.17. The number of halogens is 2. The van der Waals surface area contributed by atoms with E-state index in [1.807, 2.05) is 0 Å². The van der Waals surface area contributed by atoms with Gasteiger partial charge in [0, 0.05) is 10.2 Å². The third-order valence-corrected chi connectivity index (χ3v) is 7.87. The van der Waals surface area contributed by atoms with E-state index in [4.69, 9.17) is 16.3 Å². The molecule has 2 fully saturated rings. The standard InChI is InChI=1S/C25H24BrClN2O5/c1-13-3-8-17-18(11-13)24(32)29(23(17)31)16-6-4-15(5-7-16)25(33)34-12-21(30)28-20-10-9-19(26)22(27)14(20)2/h4-7,9-10,13,17-18H,3,8,11-12H2,1-2H3,(H,28,30)/t13-,17-,18+/m1/s1. The summed E-state index contributed by atoms with van der Waals surface area (Å²) >= 11 is 9.48. The number of fused-ring (bicyclic) bond motifs is 1. The molecule has 0 aromatic heterocycles. The maximum absolute atomic E-state index is 12.9. The Hall–Kier alpha value is -2.71. The van der Waals surface area contributed by atoms with Gasteiger partial charge in [-0.3, -0.25) is 19.3 Å². The SMILES string of the molecule is Cc1c(NC(=O)COC(=O)c2ccc(N3C(=O)[C@H]4C[C@H](C)CC[C@H]4C3=O)cc2)ccc(Br)c1Cl. The number of ether oxygens (including phenoxy) is 1. The minimum Gasteiger partial charge on any atom is -0.452 e. The van der Waals surface area contributed by atoms with Gasteiger partial charge in [0.1, 0.15) is 0 Å². The van der Waals surface area contributed by atoms with Crippen LogP contribution in [0.1, 0.15) is 42.1 Å². The van der Waals surface area contributed by atoms with Crippen molar-refractivity contribution in [2.75, 3.05) is 16.8 Å². The Bertz CT molecular complexity index is 1170. The van der Waals surface area contributed by atoms with E-state index in [1.54, 1.807) is 31.2 Å². The number of hydrogen-bond acceptors (Lipinski definition) is 5. The maximum atomic E-state index is 12.9. The molecule has 3 amide bonds. The number of carbonyl (C=O) groups is 4. The second-order valence-corrected chi connectivity index (χ2v) is 10.1. The van der Waals surface area contributed by atoms with Crippen LogP contribution in [0.5, 0.6) is 0 Å². The summed E-state index contributed by atoms with van der Waals surface area (Å²) in [5.41, 5.74) is 1.86. The Kier molecular flexibility index (Phi) is 7.09. The van der Waals surface area contributed by atoms with E-state index < -0.39 is 18.5 Å². The molecular weight excluding hydrogens is 524 g/mol. The van der Waals surface area contributed by atoms with Crippen LogP contribution in [0.3, 0.4) is 0 Å². The average Bonchev–Trinajstić information content (AvgIpc) is 3.07. The highest BCUT2D eigenvalue weighted by Crippen LogP contribution is 2.42. The summed E-state index contributed by atoms with van der Waals surface area (Å²) in [4.78, 5) is 51.5. The molecule has 1 N–H and O–H groups in total. The molecule has 1 aliphatic carbocycles. The van der Waals surface area contributed by atoms with Gasteiger partial charge in [0.15, 0.2) is 6.61 Å². The predicted molar refractivity (Wildman–Crippen MR) is 132 cm³/mol. The molecule has 4 rings (SSSR count).